The molecule has 0 bridgehead atoms. The highest BCUT2D eigenvalue weighted by molar-refractivity contribution is 8.06. The minimum Gasteiger partial charge on any atom is -0.235 e. The lowest BCUT2D eigenvalue weighted by Crippen LogP contribution is -1.86. The third-order valence-corrected chi connectivity index (χ3v) is 1.41. The van der Waals surface area contributed by atoms with Crippen molar-refractivity contribution < 1.29 is 0 Å². The number of hydrogen-bond donors (Lipinski definition) is 1. The molecule has 0 aliphatic carbocycles. The molecule has 0 heterocycles. The summed E-state index contributed by atoms with van der Waals surface area (Å²) < 4.78 is 0. The summed E-state index contributed by atoms with van der Waals surface area (Å²) in [6.07, 6.45) is 1.20. The molecule has 2 heteroatoms. The molecule has 6 heavy (non-hydrogen) atoms. The highest BCUT2D eigenvalue weighted by atomic mass is 32.1. The van der Waals surface area contributed by atoms with E-state index >= 15 is 0 Å². The van der Waals surface area contributed by atoms with E-state index in [9.17, 15) is 0 Å². The van der Waals surface area contributed by atoms with Crippen LogP contribution in [0.4, 0.5) is 0 Å². The molecular weight excluding hydrogens is 90.9 g/mol. The Kier molecular flexibility index (Phi) is 3.85. The molecule has 0 saturated heterocycles. The van der Waals surface area contributed by atoms with Crippen LogP contribution in [-0.2, 0) is 0 Å². The summed E-state index contributed by atoms with van der Waals surface area (Å²) >= 11 is 3.97. The summed E-state index contributed by atoms with van der Waals surface area (Å²) in [7, 11) is 0. The Morgan fingerprint density at radius 1 is 1.83 bits per heavy atom. The lowest BCUT2D eigenvalue weighted by molar-refractivity contribution is 0.878. The van der Waals surface area contributed by atoms with Gasteiger partial charge in [-0.3, -0.25) is 0 Å². The third-order valence-electron chi connectivity index (χ3n) is 0.898. The molecule has 0 aromatic heterocycles. The van der Waals surface area contributed by atoms with Gasteiger partial charge in [0.25, 0.3) is 0 Å². The van der Waals surface area contributed by atoms with E-state index in [0.29, 0.717) is 5.82 Å². The first-order valence-electron chi connectivity index (χ1n) is 2.28. The quantitative estimate of drug-likeness (QED) is 0.397. The van der Waals surface area contributed by atoms with Crippen LogP contribution in [0.25, 0.3) is 0 Å². The molecule has 0 saturated carbocycles. The van der Waals surface area contributed by atoms with E-state index in [4.69, 9.17) is 0 Å². The van der Waals surface area contributed by atoms with Gasteiger partial charge in [-0.1, -0.05) is 26.1 Å². The zero-order valence-corrected chi connectivity index (χ0v) is 5.20. The molecule has 1 radical (unpaired) electrons. The van der Waals surface area contributed by atoms with Crippen molar-refractivity contribution in [2.24, 2.45) is 0 Å². The van der Waals surface area contributed by atoms with Crippen LogP contribution in [0.15, 0.2) is 0 Å². The predicted molar refractivity (Wildman–Crippen MR) is 34.5 cm³/mol. The fourth-order valence-corrected chi connectivity index (χ4v) is 0.316. The topological polar surface area (TPSA) is 0 Å². The Balaban J connectivity index is 2.75. The molecule has 0 nitrogen and oxygen atoms in total. The molecule has 0 aliphatic rings. The zero-order chi connectivity index (χ0) is 4.99. The fraction of sp³-hybridized carbons (Fsp3) is 1.00. The van der Waals surface area contributed by atoms with Crippen LogP contribution in [0.2, 0.25) is 5.82 Å². The summed E-state index contributed by atoms with van der Waals surface area (Å²) in [4.78, 5) is 0. The number of rotatable bonds is 2. The van der Waals surface area contributed by atoms with Gasteiger partial charge in [-0.15, -0.1) is 0 Å². The van der Waals surface area contributed by atoms with E-state index in [0.717, 1.165) is 0 Å². The molecule has 0 rings (SSSR count). The summed E-state index contributed by atoms with van der Waals surface area (Å²) in [5, 5.41) is 0. The van der Waals surface area contributed by atoms with Gasteiger partial charge in [0.2, 0.25) is 0 Å². The second-order valence-corrected chi connectivity index (χ2v) is 1.83. The highest BCUT2D eigenvalue weighted by Gasteiger charge is 1.92. The van der Waals surface area contributed by atoms with Gasteiger partial charge < -0.3 is 0 Å². The SMILES string of the molecule is CC[C@H](C)[B]S. The van der Waals surface area contributed by atoms with Crippen molar-refractivity contribution in [3.63, 3.8) is 0 Å². The monoisotopic (exact) mass is 101 g/mol. The Labute approximate surface area is 45.9 Å². The van der Waals surface area contributed by atoms with Crippen LogP contribution in [-0.4, -0.2) is 6.56 Å². The highest BCUT2D eigenvalue weighted by Crippen LogP contribution is 2.05. The van der Waals surface area contributed by atoms with E-state index in [1.54, 1.807) is 0 Å². The maximum Gasteiger partial charge on any atom is 0.190 e. The van der Waals surface area contributed by atoms with Crippen LogP contribution in [0.5, 0.6) is 0 Å². The van der Waals surface area contributed by atoms with Gasteiger partial charge in [0, 0.05) is 0 Å². The van der Waals surface area contributed by atoms with E-state index in [1.807, 2.05) is 6.56 Å². The summed E-state index contributed by atoms with van der Waals surface area (Å²) in [5.41, 5.74) is 0. The standard InChI is InChI=1S/C4H10BS/c1-3-4(2)5-6/h4,6H,3H2,1-2H3/t4-/m0/s1. The van der Waals surface area contributed by atoms with Crippen molar-refractivity contribution in [1.82, 2.24) is 0 Å². The average molecular weight is 101 g/mol. The van der Waals surface area contributed by atoms with Crippen LogP contribution in [0, 0.1) is 0 Å². The molecule has 1 atom stereocenters. The van der Waals surface area contributed by atoms with Crippen molar-refractivity contribution in [3.05, 3.63) is 0 Å². The number of thiol groups is 1. The van der Waals surface area contributed by atoms with Gasteiger partial charge in [-0.05, 0) is 0 Å². The lowest BCUT2D eigenvalue weighted by atomic mass is 9.86. The second-order valence-electron chi connectivity index (χ2n) is 1.53. The average Bonchev–Trinajstić information content (AvgIpc) is 1.65. The second kappa shape index (κ2) is 3.60. The van der Waals surface area contributed by atoms with Crippen molar-refractivity contribution in [2.75, 3.05) is 0 Å². The first kappa shape index (κ1) is 6.41. The smallest absolute Gasteiger partial charge is 0.190 e. The molecule has 0 spiro atoms. The minimum absolute atomic E-state index is 0.674. The van der Waals surface area contributed by atoms with Crippen LogP contribution in [0.3, 0.4) is 0 Å². The molecule has 0 aromatic rings. The molecule has 0 aliphatic heterocycles. The van der Waals surface area contributed by atoms with Crippen molar-refractivity contribution in [1.29, 1.82) is 0 Å². The Bertz CT molecular complexity index is 26.7. The van der Waals surface area contributed by atoms with Crippen molar-refractivity contribution >= 4 is 19.0 Å². The lowest BCUT2D eigenvalue weighted by Gasteiger charge is -1.96. The fourth-order valence-electron chi connectivity index (χ4n) is 0.105. The van der Waals surface area contributed by atoms with Crippen LogP contribution in [0.1, 0.15) is 20.3 Å². The maximum atomic E-state index is 3.97. The first-order valence-corrected chi connectivity index (χ1v) is 2.80. The van der Waals surface area contributed by atoms with Gasteiger partial charge in [-0.25, -0.2) is 12.5 Å². The normalized spacial score (nSPS) is 13.8. The molecule has 0 amide bonds. The van der Waals surface area contributed by atoms with Gasteiger partial charge >= 0.3 is 0 Å². The Morgan fingerprint density at radius 2 is 2.33 bits per heavy atom. The predicted octanol–water partition coefficient (Wildman–Crippen LogP) is 1.75. The van der Waals surface area contributed by atoms with Gasteiger partial charge in [0.1, 0.15) is 0 Å². The maximum absolute atomic E-state index is 3.97. The first-order chi connectivity index (χ1) is 2.81. The molecular formula is C4H10BS. The molecule has 0 unspecified atom stereocenters. The van der Waals surface area contributed by atoms with Crippen molar-refractivity contribution in [3.8, 4) is 0 Å². The number of hydrogen-bond acceptors (Lipinski definition) is 1. The molecule has 0 N–H and O–H groups in total. The minimum atomic E-state index is 0.674. The van der Waals surface area contributed by atoms with Crippen LogP contribution < -0.4 is 0 Å². The Hall–Kier alpha value is 0.415. The molecule has 0 aromatic carbocycles. The van der Waals surface area contributed by atoms with Crippen molar-refractivity contribution in [2.45, 2.75) is 26.1 Å². The largest absolute Gasteiger partial charge is 0.235 e. The van der Waals surface area contributed by atoms with Crippen LogP contribution >= 0.6 is 12.5 Å². The molecule has 35 valence electrons. The molecule has 0 fully saturated rings. The van der Waals surface area contributed by atoms with E-state index in [1.165, 1.54) is 6.42 Å². The summed E-state index contributed by atoms with van der Waals surface area (Å²) in [6.45, 7) is 6.21. The van der Waals surface area contributed by atoms with E-state index in [-0.39, 0.29) is 0 Å². The van der Waals surface area contributed by atoms with Gasteiger partial charge in [-0.2, -0.15) is 0 Å². The van der Waals surface area contributed by atoms with E-state index in [2.05, 4.69) is 26.3 Å². The Morgan fingerprint density at radius 3 is 2.33 bits per heavy atom. The van der Waals surface area contributed by atoms with Gasteiger partial charge in [0.05, 0.1) is 0 Å². The summed E-state index contributed by atoms with van der Waals surface area (Å²) in [5.74, 6) is 0.674. The summed E-state index contributed by atoms with van der Waals surface area (Å²) in [6, 6.07) is 0. The van der Waals surface area contributed by atoms with Gasteiger partial charge in [0.15, 0.2) is 6.56 Å². The third kappa shape index (κ3) is 2.64. The zero-order valence-electron chi connectivity index (χ0n) is 4.31. The van der Waals surface area contributed by atoms with E-state index < -0.39 is 0 Å².